The maximum absolute atomic E-state index is 13.7. The summed E-state index contributed by atoms with van der Waals surface area (Å²) in [5.74, 6) is -0.0137. The average molecular weight is 519 g/mol. The molecule has 1 aromatic heterocycles. The van der Waals surface area contributed by atoms with Crippen LogP contribution in [0.2, 0.25) is 0 Å². The van der Waals surface area contributed by atoms with Crippen LogP contribution < -0.4 is 24.4 Å². The fourth-order valence-electron chi connectivity index (χ4n) is 4.00. The number of carbonyl (C=O) groups excluding carboxylic acids is 2. The molecule has 0 N–H and O–H groups in total. The summed E-state index contributed by atoms with van der Waals surface area (Å²) in [5.41, 5.74) is 1.72. The Morgan fingerprint density at radius 3 is 2.57 bits per heavy atom. The van der Waals surface area contributed by atoms with E-state index in [-0.39, 0.29) is 12.2 Å². The van der Waals surface area contributed by atoms with Gasteiger partial charge in [-0.2, -0.15) is 0 Å². The molecule has 2 heterocycles. The molecule has 1 atom stereocenters. The highest BCUT2D eigenvalue weighted by Crippen LogP contribution is 2.31. The topological polar surface area (TPSA) is 96.2 Å². The molecule has 8 nitrogen and oxygen atoms in total. The van der Waals surface area contributed by atoms with Gasteiger partial charge in [-0.1, -0.05) is 54.3 Å². The van der Waals surface area contributed by atoms with Crippen LogP contribution in [-0.4, -0.2) is 29.7 Å². The van der Waals surface area contributed by atoms with Gasteiger partial charge in [-0.05, 0) is 43.7 Å². The fraction of sp³-hybridized carbons (Fsp3) is 0.214. The van der Waals surface area contributed by atoms with Crippen LogP contribution >= 0.6 is 11.3 Å². The second-order valence-electron chi connectivity index (χ2n) is 8.10. The number of para-hydroxylation sites is 1. The van der Waals surface area contributed by atoms with Crippen LogP contribution in [0.4, 0.5) is 0 Å². The number of benzene rings is 2. The standard InChI is InChI=1S/C28H26N2O6S/c1-5-15-35-21-13-11-19(12-14-21)25-24(27(33)34-6-2)17(3)29-28-30(25)26(32)23(37-28)16-20-9-7-8-10-22(20)36-18(4)31/h5,7-14,16,25H,1,6,15H2,2-4H3/t25-/m1/s1. The van der Waals surface area contributed by atoms with E-state index in [0.717, 1.165) is 0 Å². The first-order valence-corrected chi connectivity index (χ1v) is 12.5. The van der Waals surface area contributed by atoms with E-state index in [9.17, 15) is 14.4 Å². The number of hydrogen-bond donors (Lipinski definition) is 0. The molecule has 37 heavy (non-hydrogen) atoms. The molecule has 1 aliphatic heterocycles. The zero-order valence-electron chi connectivity index (χ0n) is 20.7. The van der Waals surface area contributed by atoms with Crippen LogP contribution in [0, 0.1) is 0 Å². The van der Waals surface area contributed by atoms with Gasteiger partial charge < -0.3 is 14.2 Å². The van der Waals surface area contributed by atoms with Gasteiger partial charge in [-0.25, -0.2) is 9.79 Å². The van der Waals surface area contributed by atoms with E-state index in [0.29, 0.717) is 49.8 Å². The number of aromatic nitrogens is 1. The summed E-state index contributed by atoms with van der Waals surface area (Å²) < 4.78 is 18.1. The van der Waals surface area contributed by atoms with E-state index in [2.05, 4.69) is 11.6 Å². The summed E-state index contributed by atoms with van der Waals surface area (Å²) in [7, 11) is 0. The number of thiazole rings is 1. The largest absolute Gasteiger partial charge is 0.490 e. The number of nitrogens with zero attached hydrogens (tertiary/aromatic N) is 2. The molecule has 0 aliphatic carbocycles. The zero-order chi connectivity index (χ0) is 26.5. The molecule has 190 valence electrons. The predicted molar refractivity (Wildman–Crippen MR) is 140 cm³/mol. The number of fused-ring (bicyclic) bond motifs is 1. The third kappa shape index (κ3) is 5.46. The third-order valence-electron chi connectivity index (χ3n) is 5.54. The maximum Gasteiger partial charge on any atom is 0.338 e. The first kappa shape index (κ1) is 25.8. The van der Waals surface area contributed by atoms with E-state index < -0.39 is 18.0 Å². The molecule has 0 spiro atoms. The summed E-state index contributed by atoms with van der Waals surface area (Å²) in [6.45, 7) is 8.97. The minimum absolute atomic E-state index is 0.189. The quantitative estimate of drug-likeness (QED) is 0.258. The van der Waals surface area contributed by atoms with Crippen LogP contribution in [0.15, 0.2) is 82.2 Å². The molecule has 4 rings (SSSR count). The van der Waals surface area contributed by atoms with Gasteiger partial charge in [0.25, 0.3) is 5.56 Å². The van der Waals surface area contributed by atoms with Gasteiger partial charge in [-0.3, -0.25) is 14.2 Å². The van der Waals surface area contributed by atoms with Crippen molar-refractivity contribution < 1.29 is 23.8 Å². The lowest BCUT2D eigenvalue weighted by Gasteiger charge is -2.24. The molecule has 0 saturated carbocycles. The van der Waals surface area contributed by atoms with E-state index >= 15 is 0 Å². The molecular weight excluding hydrogens is 492 g/mol. The molecule has 0 saturated heterocycles. The molecule has 0 fully saturated rings. The van der Waals surface area contributed by atoms with Gasteiger partial charge >= 0.3 is 11.9 Å². The Balaban J connectivity index is 1.89. The highest BCUT2D eigenvalue weighted by molar-refractivity contribution is 7.07. The third-order valence-corrected chi connectivity index (χ3v) is 6.52. The number of hydrogen-bond acceptors (Lipinski definition) is 8. The lowest BCUT2D eigenvalue weighted by atomic mass is 9.96. The number of ether oxygens (including phenoxy) is 3. The molecule has 9 heteroatoms. The molecule has 1 aliphatic rings. The molecule has 0 radical (unpaired) electrons. The van der Waals surface area contributed by atoms with Crippen molar-refractivity contribution in [3.8, 4) is 11.5 Å². The smallest absolute Gasteiger partial charge is 0.338 e. The Hall–Kier alpha value is -4.24. The fourth-order valence-corrected chi connectivity index (χ4v) is 5.03. The molecule has 2 aromatic carbocycles. The van der Waals surface area contributed by atoms with Crippen molar-refractivity contribution in [1.82, 2.24) is 4.57 Å². The van der Waals surface area contributed by atoms with Gasteiger partial charge in [0, 0.05) is 12.5 Å². The molecular formula is C28H26N2O6S. The highest BCUT2D eigenvalue weighted by atomic mass is 32.1. The summed E-state index contributed by atoms with van der Waals surface area (Å²) in [4.78, 5) is 43.3. The van der Waals surface area contributed by atoms with Gasteiger partial charge in [-0.15, -0.1) is 0 Å². The Kier molecular flexibility index (Phi) is 7.83. The van der Waals surface area contributed by atoms with Crippen molar-refractivity contribution in [3.05, 3.63) is 103 Å². The molecule has 0 amide bonds. The molecule has 3 aromatic rings. The van der Waals surface area contributed by atoms with Crippen LogP contribution in [0.3, 0.4) is 0 Å². The van der Waals surface area contributed by atoms with Gasteiger partial charge in [0.15, 0.2) is 4.80 Å². The van der Waals surface area contributed by atoms with E-state index in [1.165, 1.54) is 22.8 Å². The highest BCUT2D eigenvalue weighted by Gasteiger charge is 2.33. The van der Waals surface area contributed by atoms with Gasteiger partial charge in [0.05, 0.1) is 28.5 Å². The van der Waals surface area contributed by atoms with Crippen LogP contribution in [0.5, 0.6) is 11.5 Å². The monoisotopic (exact) mass is 518 g/mol. The van der Waals surface area contributed by atoms with E-state index in [1.807, 2.05) is 12.1 Å². The second-order valence-corrected chi connectivity index (χ2v) is 9.11. The number of rotatable bonds is 8. The van der Waals surface area contributed by atoms with E-state index in [4.69, 9.17) is 14.2 Å². The van der Waals surface area contributed by atoms with Crippen LogP contribution in [0.25, 0.3) is 6.08 Å². The van der Waals surface area contributed by atoms with E-state index in [1.54, 1.807) is 62.4 Å². The van der Waals surface area contributed by atoms with Crippen molar-refractivity contribution in [1.29, 1.82) is 0 Å². The summed E-state index contributed by atoms with van der Waals surface area (Å²) in [6.07, 6.45) is 3.31. The summed E-state index contributed by atoms with van der Waals surface area (Å²) >= 11 is 1.19. The van der Waals surface area contributed by atoms with Crippen molar-refractivity contribution in [2.75, 3.05) is 13.2 Å². The second kappa shape index (κ2) is 11.2. The Labute approximate surface area is 217 Å². The molecule has 0 unspecified atom stereocenters. The normalized spacial score (nSPS) is 15.0. The minimum Gasteiger partial charge on any atom is -0.490 e. The Bertz CT molecular complexity index is 1560. The first-order chi connectivity index (χ1) is 17.8. The van der Waals surface area contributed by atoms with Crippen LogP contribution in [-0.2, 0) is 14.3 Å². The molecule has 0 bridgehead atoms. The van der Waals surface area contributed by atoms with Crippen LogP contribution in [0.1, 0.15) is 37.9 Å². The van der Waals surface area contributed by atoms with Crippen molar-refractivity contribution >= 4 is 29.4 Å². The summed E-state index contributed by atoms with van der Waals surface area (Å²) in [6, 6.07) is 13.4. The maximum atomic E-state index is 13.7. The predicted octanol–water partition coefficient (Wildman–Crippen LogP) is 3.29. The lowest BCUT2D eigenvalue weighted by Crippen LogP contribution is -2.39. The summed E-state index contributed by atoms with van der Waals surface area (Å²) in [5, 5.41) is 0. The van der Waals surface area contributed by atoms with Gasteiger partial charge in [0.2, 0.25) is 0 Å². The number of esters is 2. The van der Waals surface area contributed by atoms with Crippen molar-refractivity contribution in [2.24, 2.45) is 4.99 Å². The Morgan fingerprint density at radius 2 is 1.89 bits per heavy atom. The minimum atomic E-state index is -0.741. The number of carbonyl (C=O) groups is 2. The number of allylic oxidation sites excluding steroid dienone is 1. The zero-order valence-corrected chi connectivity index (χ0v) is 21.5. The van der Waals surface area contributed by atoms with Crippen molar-refractivity contribution in [3.63, 3.8) is 0 Å². The van der Waals surface area contributed by atoms with Crippen molar-refractivity contribution in [2.45, 2.75) is 26.8 Å². The first-order valence-electron chi connectivity index (χ1n) is 11.6. The van der Waals surface area contributed by atoms with Gasteiger partial charge in [0.1, 0.15) is 18.1 Å². The average Bonchev–Trinajstić information content (AvgIpc) is 3.17. The Morgan fingerprint density at radius 1 is 1.16 bits per heavy atom. The lowest BCUT2D eigenvalue weighted by molar-refractivity contribution is -0.139. The SMILES string of the molecule is C=CCOc1ccc([C@@H]2C(C(=O)OCC)=C(C)N=c3sc(=Cc4ccccc4OC(C)=O)c(=O)n32)cc1.